The second-order valence-electron chi connectivity index (χ2n) is 3.13. The smallest absolute Gasteiger partial charge is 0.320 e. The number of hydrogen-bond acceptors (Lipinski definition) is 2. The van der Waals surface area contributed by atoms with Crippen molar-refractivity contribution in [3.8, 4) is 0 Å². The van der Waals surface area contributed by atoms with Crippen molar-refractivity contribution in [3.63, 3.8) is 0 Å². The fourth-order valence-electron chi connectivity index (χ4n) is 1.54. The summed E-state index contributed by atoms with van der Waals surface area (Å²) in [4.78, 5) is 12.4. The van der Waals surface area contributed by atoms with Gasteiger partial charge in [0.05, 0.1) is 0 Å². The van der Waals surface area contributed by atoms with Crippen LogP contribution in [-0.4, -0.2) is 35.6 Å². The van der Waals surface area contributed by atoms with Gasteiger partial charge in [-0.15, -0.1) is 0 Å². The molecule has 0 spiro atoms. The van der Waals surface area contributed by atoms with E-state index in [4.69, 9.17) is 5.11 Å². The number of carboxylic acid groups (broad SMARTS) is 1. The number of hydrogen-bond donors (Lipinski definition) is 1. The minimum atomic E-state index is -0.688. The molecule has 10 heavy (non-hydrogen) atoms. The Morgan fingerprint density at radius 2 is 2.30 bits per heavy atom. The van der Waals surface area contributed by atoms with Gasteiger partial charge in [-0.25, -0.2) is 0 Å². The van der Waals surface area contributed by atoms with Gasteiger partial charge in [-0.3, -0.25) is 9.69 Å². The number of aliphatic carboxylic acids is 1. The van der Waals surface area contributed by atoms with E-state index in [0.29, 0.717) is 5.92 Å². The van der Waals surface area contributed by atoms with Crippen LogP contribution in [0.4, 0.5) is 0 Å². The summed E-state index contributed by atoms with van der Waals surface area (Å²) in [6.07, 6.45) is 0.797. The van der Waals surface area contributed by atoms with E-state index in [9.17, 15) is 4.79 Å². The van der Waals surface area contributed by atoms with Gasteiger partial charge in [0.15, 0.2) is 0 Å². The number of likely N-dealkylation sites (N-methyl/N-ethyl adjacent to an activating group) is 1. The Kier molecular flexibility index (Phi) is 1.94. The number of likely N-dealkylation sites (tertiary alicyclic amines) is 1. The van der Waals surface area contributed by atoms with E-state index in [2.05, 4.69) is 6.92 Å². The fourth-order valence-corrected chi connectivity index (χ4v) is 1.54. The third-order valence-corrected chi connectivity index (χ3v) is 2.04. The zero-order chi connectivity index (χ0) is 7.72. The molecule has 0 bridgehead atoms. The Bertz CT molecular complexity index is 147. The van der Waals surface area contributed by atoms with Gasteiger partial charge in [0.1, 0.15) is 6.04 Å². The van der Waals surface area contributed by atoms with E-state index in [1.807, 2.05) is 11.9 Å². The molecule has 3 heteroatoms. The van der Waals surface area contributed by atoms with Crippen LogP contribution in [0.3, 0.4) is 0 Å². The highest BCUT2D eigenvalue weighted by Crippen LogP contribution is 2.20. The summed E-state index contributed by atoms with van der Waals surface area (Å²) in [5, 5.41) is 8.66. The van der Waals surface area contributed by atoms with Gasteiger partial charge >= 0.3 is 5.97 Å². The maximum Gasteiger partial charge on any atom is 0.320 e. The molecule has 1 N–H and O–H groups in total. The van der Waals surface area contributed by atoms with Crippen LogP contribution in [0.25, 0.3) is 0 Å². The van der Waals surface area contributed by atoms with Crippen LogP contribution in [0.15, 0.2) is 0 Å². The van der Waals surface area contributed by atoms with Crippen LogP contribution in [0.5, 0.6) is 0 Å². The van der Waals surface area contributed by atoms with Gasteiger partial charge in [0.25, 0.3) is 0 Å². The minimum absolute atomic E-state index is 0.241. The van der Waals surface area contributed by atoms with Crippen molar-refractivity contribution in [3.05, 3.63) is 0 Å². The van der Waals surface area contributed by atoms with Crippen molar-refractivity contribution in [2.75, 3.05) is 13.6 Å². The second-order valence-corrected chi connectivity index (χ2v) is 3.13. The Morgan fingerprint density at radius 1 is 1.70 bits per heavy atom. The SMILES string of the molecule is C[C@@H]1C[C@@H](C(=O)O)N(C)C1. The lowest BCUT2D eigenvalue weighted by molar-refractivity contribution is -0.141. The van der Waals surface area contributed by atoms with Gasteiger partial charge in [0.2, 0.25) is 0 Å². The highest BCUT2D eigenvalue weighted by Gasteiger charge is 2.31. The molecule has 0 aromatic carbocycles. The molecule has 0 amide bonds. The Labute approximate surface area is 60.6 Å². The predicted molar refractivity (Wildman–Crippen MR) is 37.8 cm³/mol. The van der Waals surface area contributed by atoms with Crippen LogP contribution in [0, 0.1) is 5.92 Å². The van der Waals surface area contributed by atoms with E-state index >= 15 is 0 Å². The molecular weight excluding hydrogens is 130 g/mol. The molecule has 1 saturated heterocycles. The lowest BCUT2D eigenvalue weighted by Gasteiger charge is -2.13. The fraction of sp³-hybridized carbons (Fsp3) is 0.857. The average Bonchev–Trinajstić information content (AvgIpc) is 2.10. The monoisotopic (exact) mass is 143 g/mol. The third kappa shape index (κ3) is 1.29. The van der Waals surface area contributed by atoms with Crippen LogP contribution in [0.1, 0.15) is 13.3 Å². The summed E-state index contributed by atoms with van der Waals surface area (Å²) in [5.41, 5.74) is 0. The van der Waals surface area contributed by atoms with Crippen LogP contribution < -0.4 is 0 Å². The maximum absolute atomic E-state index is 10.5. The van der Waals surface area contributed by atoms with Gasteiger partial charge in [-0.1, -0.05) is 6.92 Å². The molecule has 0 aromatic rings. The van der Waals surface area contributed by atoms with Crippen molar-refractivity contribution in [2.45, 2.75) is 19.4 Å². The topological polar surface area (TPSA) is 40.5 Å². The first-order chi connectivity index (χ1) is 4.61. The largest absolute Gasteiger partial charge is 0.480 e. The molecule has 0 aromatic heterocycles. The summed E-state index contributed by atoms with van der Waals surface area (Å²) in [5.74, 6) is -0.155. The van der Waals surface area contributed by atoms with Crippen molar-refractivity contribution in [1.29, 1.82) is 0 Å². The number of nitrogens with zero attached hydrogens (tertiary/aromatic N) is 1. The molecule has 1 rings (SSSR count). The van der Waals surface area contributed by atoms with Crippen LogP contribution in [0.2, 0.25) is 0 Å². The molecule has 58 valence electrons. The maximum atomic E-state index is 10.5. The Balaban J connectivity index is 2.54. The predicted octanol–water partition coefficient (Wildman–Crippen LogP) is 0.411. The van der Waals surface area contributed by atoms with Crippen molar-refractivity contribution >= 4 is 5.97 Å². The van der Waals surface area contributed by atoms with Gasteiger partial charge in [0, 0.05) is 6.54 Å². The molecule has 1 aliphatic heterocycles. The molecule has 1 heterocycles. The molecule has 0 radical (unpaired) electrons. The van der Waals surface area contributed by atoms with Crippen molar-refractivity contribution < 1.29 is 9.90 Å². The molecule has 2 atom stereocenters. The minimum Gasteiger partial charge on any atom is -0.480 e. The van der Waals surface area contributed by atoms with Crippen molar-refractivity contribution in [2.24, 2.45) is 5.92 Å². The van der Waals surface area contributed by atoms with Gasteiger partial charge in [-0.2, -0.15) is 0 Å². The standard InChI is InChI=1S/C7H13NO2/c1-5-3-6(7(9)10)8(2)4-5/h5-6H,3-4H2,1-2H3,(H,9,10)/t5-,6+/m1/s1. The molecular formula is C7H13NO2. The van der Waals surface area contributed by atoms with Gasteiger partial charge < -0.3 is 5.11 Å². The van der Waals surface area contributed by atoms with Crippen LogP contribution in [-0.2, 0) is 4.79 Å². The summed E-state index contributed by atoms with van der Waals surface area (Å²) < 4.78 is 0. The highest BCUT2D eigenvalue weighted by atomic mass is 16.4. The number of carboxylic acids is 1. The molecule has 0 aliphatic carbocycles. The zero-order valence-electron chi connectivity index (χ0n) is 6.37. The molecule has 0 unspecified atom stereocenters. The Hall–Kier alpha value is -0.570. The first-order valence-corrected chi connectivity index (χ1v) is 3.54. The first kappa shape index (κ1) is 7.54. The van der Waals surface area contributed by atoms with E-state index in [1.54, 1.807) is 0 Å². The number of carbonyl (C=O) groups is 1. The van der Waals surface area contributed by atoms with E-state index in [1.165, 1.54) is 0 Å². The Morgan fingerprint density at radius 3 is 2.50 bits per heavy atom. The van der Waals surface area contributed by atoms with E-state index in [0.717, 1.165) is 13.0 Å². The normalized spacial score (nSPS) is 34.6. The van der Waals surface area contributed by atoms with Gasteiger partial charge in [-0.05, 0) is 19.4 Å². The average molecular weight is 143 g/mol. The highest BCUT2D eigenvalue weighted by molar-refractivity contribution is 5.73. The lowest BCUT2D eigenvalue weighted by Crippen LogP contribution is -2.32. The lowest BCUT2D eigenvalue weighted by atomic mass is 10.1. The second kappa shape index (κ2) is 2.58. The molecule has 1 aliphatic rings. The molecule has 0 saturated carbocycles. The van der Waals surface area contributed by atoms with Crippen LogP contribution >= 0.6 is 0 Å². The summed E-state index contributed by atoms with van der Waals surface area (Å²) in [6.45, 7) is 3.00. The van der Waals surface area contributed by atoms with E-state index in [-0.39, 0.29) is 6.04 Å². The summed E-state index contributed by atoms with van der Waals surface area (Å²) >= 11 is 0. The first-order valence-electron chi connectivity index (χ1n) is 3.54. The van der Waals surface area contributed by atoms with E-state index < -0.39 is 5.97 Å². The number of rotatable bonds is 1. The summed E-state index contributed by atoms with van der Waals surface area (Å²) in [6, 6.07) is -0.241. The zero-order valence-corrected chi connectivity index (χ0v) is 6.37. The molecule has 3 nitrogen and oxygen atoms in total. The third-order valence-electron chi connectivity index (χ3n) is 2.04. The summed E-state index contributed by atoms with van der Waals surface area (Å²) in [7, 11) is 1.86. The molecule has 1 fully saturated rings. The van der Waals surface area contributed by atoms with Crippen molar-refractivity contribution in [1.82, 2.24) is 4.90 Å². The quantitative estimate of drug-likeness (QED) is 0.578.